The molecule has 0 bridgehead atoms. The largest absolute Gasteiger partial charge is 0.485 e. The van der Waals surface area contributed by atoms with Gasteiger partial charge in [-0.05, 0) is 0 Å². The first-order valence-electron chi connectivity index (χ1n) is 3.76. The van der Waals surface area contributed by atoms with Gasteiger partial charge in [0.2, 0.25) is 0 Å². The zero-order valence-electron chi connectivity index (χ0n) is 6.68. The van der Waals surface area contributed by atoms with Crippen LogP contribution in [0.2, 0.25) is 0 Å². The summed E-state index contributed by atoms with van der Waals surface area (Å²) in [6.07, 6.45) is 0. The van der Waals surface area contributed by atoms with Crippen LogP contribution in [0, 0.1) is 0 Å². The lowest BCUT2D eigenvalue weighted by Crippen LogP contribution is -2.24. The fourth-order valence-corrected chi connectivity index (χ4v) is 0.975. The second-order valence-corrected chi connectivity index (χ2v) is 2.82. The maximum absolute atomic E-state index is 12.2. The molecule has 1 atom stereocenters. The third-order valence-corrected chi connectivity index (χ3v) is 1.89. The summed E-state index contributed by atoms with van der Waals surface area (Å²) in [6.45, 7) is -3.56. The van der Waals surface area contributed by atoms with Crippen molar-refractivity contribution in [1.29, 1.82) is 0 Å². The van der Waals surface area contributed by atoms with Crippen LogP contribution in [0.5, 0.6) is 0 Å². The zero-order chi connectivity index (χ0) is 9.19. The van der Waals surface area contributed by atoms with E-state index in [1.165, 1.54) is 19.1 Å². The van der Waals surface area contributed by atoms with Gasteiger partial charge in [-0.1, -0.05) is 48.6 Å². The fraction of sp³-hybridized carbons (Fsp3) is 0.250. The molecule has 0 amide bonds. The van der Waals surface area contributed by atoms with Crippen LogP contribution in [-0.4, -0.2) is 6.98 Å². The van der Waals surface area contributed by atoms with Gasteiger partial charge in [-0.3, -0.25) is 0 Å². The van der Waals surface area contributed by atoms with Gasteiger partial charge < -0.3 is 12.9 Å². The third-order valence-electron chi connectivity index (χ3n) is 1.89. The first kappa shape index (κ1) is 9.17. The van der Waals surface area contributed by atoms with Crippen molar-refractivity contribution in [1.82, 2.24) is 0 Å². The highest BCUT2D eigenvalue weighted by Gasteiger charge is 2.31. The van der Waals surface area contributed by atoms with E-state index in [0.29, 0.717) is 5.56 Å². The molecule has 0 aliphatic carbocycles. The Morgan fingerprint density at radius 1 is 1.08 bits per heavy atom. The first-order valence-corrected chi connectivity index (χ1v) is 3.76. The first-order chi connectivity index (χ1) is 5.52. The fourth-order valence-electron chi connectivity index (χ4n) is 0.975. The molecule has 0 saturated heterocycles. The summed E-state index contributed by atoms with van der Waals surface area (Å²) in [7, 11) is 0. The molecule has 0 saturated carbocycles. The van der Waals surface area contributed by atoms with E-state index in [-0.39, 0.29) is 0 Å². The third kappa shape index (κ3) is 2.03. The quantitative estimate of drug-likeness (QED) is 0.602. The van der Waals surface area contributed by atoms with E-state index < -0.39 is 12.8 Å². The predicted octanol–water partition coefficient (Wildman–Crippen LogP) is 3.18. The summed E-state index contributed by atoms with van der Waals surface area (Å²) >= 11 is 0. The highest BCUT2D eigenvalue weighted by atomic mass is 19.4. The number of rotatable bonds is 2. The maximum atomic E-state index is 12.2. The van der Waals surface area contributed by atoms with Gasteiger partial charge in [-0.25, -0.2) is 0 Å². The van der Waals surface area contributed by atoms with Crippen LogP contribution in [-0.2, 0) is 0 Å². The van der Waals surface area contributed by atoms with E-state index >= 15 is 0 Å². The van der Waals surface area contributed by atoms with Crippen molar-refractivity contribution in [3.63, 3.8) is 0 Å². The van der Waals surface area contributed by atoms with Gasteiger partial charge >= 0.3 is 6.98 Å². The van der Waals surface area contributed by atoms with Crippen LogP contribution in [0.15, 0.2) is 30.3 Å². The molecule has 0 radical (unpaired) electrons. The van der Waals surface area contributed by atoms with Crippen molar-refractivity contribution < 1.29 is 12.9 Å². The standard InChI is InChI=1S/C8H9BF3/c1-7(9(10,11)12)8-5-3-2-4-6-8/h2-7H,1H3/q-1. The van der Waals surface area contributed by atoms with Crippen LogP contribution in [0.4, 0.5) is 12.9 Å². The molecule has 0 spiro atoms. The number of hydrogen-bond acceptors (Lipinski definition) is 0. The molecule has 0 N–H and O–H groups in total. The Morgan fingerprint density at radius 2 is 1.58 bits per heavy atom. The summed E-state index contributed by atoms with van der Waals surface area (Å²) in [6, 6.07) is 7.95. The highest BCUT2D eigenvalue weighted by Crippen LogP contribution is 2.29. The molecular formula is C8H9BF3-. The molecule has 0 nitrogen and oxygen atoms in total. The Bertz CT molecular complexity index is 242. The molecule has 1 rings (SSSR count). The lowest BCUT2D eigenvalue weighted by molar-refractivity contribution is 0.446. The zero-order valence-corrected chi connectivity index (χ0v) is 6.68. The van der Waals surface area contributed by atoms with Crippen LogP contribution >= 0.6 is 0 Å². The van der Waals surface area contributed by atoms with Crippen molar-refractivity contribution >= 4 is 6.98 Å². The van der Waals surface area contributed by atoms with Crippen molar-refractivity contribution in [2.75, 3.05) is 0 Å². The van der Waals surface area contributed by atoms with Gasteiger partial charge in [0.25, 0.3) is 0 Å². The van der Waals surface area contributed by atoms with E-state index in [9.17, 15) is 12.9 Å². The molecule has 12 heavy (non-hydrogen) atoms. The van der Waals surface area contributed by atoms with Gasteiger partial charge in [0.15, 0.2) is 0 Å². The Balaban J connectivity index is 2.86. The van der Waals surface area contributed by atoms with Gasteiger partial charge in [0.1, 0.15) is 0 Å². The van der Waals surface area contributed by atoms with E-state index in [2.05, 4.69) is 0 Å². The smallest absolute Gasteiger partial charge is 0.448 e. The Morgan fingerprint density at radius 3 is 2.00 bits per heavy atom. The van der Waals surface area contributed by atoms with E-state index in [1.807, 2.05) is 0 Å². The van der Waals surface area contributed by atoms with E-state index in [4.69, 9.17) is 0 Å². The summed E-state index contributed by atoms with van der Waals surface area (Å²) in [4.78, 5) is 0. The molecule has 0 aliphatic heterocycles. The summed E-state index contributed by atoms with van der Waals surface area (Å²) in [5, 5.41) is 0. The van der Waals surface area contributed by atoms with E-state index in [0.717, 1.165) is 0 Å². The minimum absolute atomic E-state index is 0.338. The molecule has 0 fully saturated rings. The van der Waals surface area contributed by atoms with Crippen molar-refractivity contribution in [3.05, 3.63) is 35.9 Å². The summed E-state index contributed by atoms with van der Waals surface area (Å²) in [5.74, 6) is -1.31. The second kappa shape index (κ2) is 3.21. The van der Waals surface area contributed by atoms with Gasteiger partial charge in [0.05, 0.1) is 0 Å². The van der Waals surface area contributed by atoms with Gasteiger partial charge in [0, 0.05) is 0 Å². The second-order valence-electron chi connectivity index (χ2n) is 2.82. The topological polar surface area (TPSA) is 0 Å². The molecule has 1 aromatic rings. The molecular weight excluding hydrogens is 164 g/mol. The van der Waals surface area contributed by atoms with E-state index in [1.54, 1.807) is 18.2 Å². The minimum atomic E-state index is -4.75. The molecule has 66 valence electrons. The van der Waals surface area contributed by atoms with Crippen LogP contribution in [0.25, 0.3) is 0 Å². The van der Waals surface area contributed by atoms with Crippen LogP contribution in [0.3, 0.4) is 0 Å². The minimum Gasteiger partial charge on any atom is -0.448 e. The average Bonchev–Trinajstić information content (AvgIpc) is 2.03. The Kier molecular flexibility index (Phi) is 2.45. The molecule has 1 unspecified atom stereocenters. The maximum Gasteiger partial charge on any atom is 0.485 e. The van der Waals surface area contributed by atoms with Crippen molar-refractivity contribution in [2.45, 2.75) is 12.7 Å². The number of hydrogen-bond donors (Lipinski definition) is 0. The Hall–Kier alpha value is -0.925. The van der Waals surface area contributed by atoms with Crippen LogP contribution in [0.1, 0.15) is 18.3 Å². The highest BCUT2D eigenvalue weighted by molar-refractivity contribution is 6.60. The molecule has 0 aliphatic rings. The van der Waals surface area contributed by atoms with Crippen LogP contribution < -0.4 is 0 Å². The lowest BCUT2D eigenvalue weighted by atomic mass is 9.70. The molecule has 0 aromatic heterocycles. The summed E-state index contributed by atoms with van der Waals surface area (Å²) < 4.78 is 36.6. The monoisotopic (exact) mass is 173 g/mol. The predicted molar refractivity (Wildman–Crippen MR) is 43.9 cm³/mol. The lowest BCUT2D eigenvalue weighted by Gasteiger charge is -2.22. The molecule has 0 heterocycles. The Labute approximate surface area is 69.5 Å². The molecule has 4 heteroatoms. The number of halogens is 3. The van der Waals surface area contributed by atoms with Gasteiger partial charge in [-0.2, -0.15) is 0 Å². The van der Waals surface area contributed by atoms with Crippen molar-refractivity contribution in [3.8, 4) is 0 Å². The number of benzene rings is 1. The van der Waals surface area contributed by atoms with Gasteiger partial charge in [-0.15, -0.1) is 0 Å². The normalized spacial score (nSPS) is 14.3. The summed E-state index contributed by atoms with van der Waals surface area (Å²) in [5.41, 5.74) is 0.338. The SMILES string of the molecule is CC(c1ccccc1)[B-](F)(F)F. The average molecular weight is 173 g/mol. The van der Waals surface area contributed by atoms with Crippen molar-refractivity contribution in [2.24, 2.45) is 0 Å². The molecule has 1 aromatic carbocycles.